The Balaban J connectivity index is 2.08. The molecule has 1 aromatic carbocycles. The summed E-state index contributed by atoms with van der Waals surface area (Å²) in [6, 6.07) is 13.0. The first kappa shape index (κ1) is 16.7. The van der Waals surface area contributed by atoms with E-state index < -0.39 is 0 Å². The van der Waals surface area contributed by atoms with Gasteiger partial charge in [0.05, 0.1) is 0 Å². The zero-order valence-corrected chi connectivity index (χ0v) is 15.3. The van der Waals surface area contributed by atoms with Gasteiger partial charge >= 0.3 is 0 Å². The minimum absolute atomic E-state index is 0.110. The zero-order valence-electron chi connectivity index (χ0n) is 12.9. The normalized spacial score (nSPS) is 14.3. The topological polar surface area (TPSA) is 15.3 Å². The molecule has 0 saturated carbocycles. The molecule has 1 aromatic heterocycles. The van der Waals surface area contributed by atoms with Crippen LogP contribution in [0.25, 0.3) is 0 Å². The quantitative estimate of drug-likeness (QED) is 0.792. The van der Waals surface area contributed by atoms with Crippen molar-refractivity contribution in [2.75, 3.05) is 27.2 Å². The van der Waals surface area contributed by atoms with Crippen molar-refractivity contribution >= 4 is 27.3 Å². The molecule has 0 aliphatic carbocycles. The Bertz CT molecular complexity index is 555. The Labute approximate surface area is 140 Å². The highest BCUT2D eigenvalue weighted by Gasteiger charge is 2.27. The highest BCUT2D eigenvalue weighted by molar-refractivity contribution is 9.10. The van der Waals surface area contributed by atoms with Crippen LogP contribution in [0.1, 0.15) is 17.4 Å². The molecule has 114 valence electrons. The van der Waals surface area contributed by atoms with Gasteiger partial charge in [0.2, 0.25) is 0 Å². The number of hydrogen-bond acceptors (Lipinski definition) is 3. The molecule has 2 nitrogen and oxygen atoms in total. The number of benzene rings is 1. The van der Waals surface area contributed by atoms with E-state index in [-0.39, 0.29) is 5.41 Å². The number of hydrogen-bond donors (Lipinski definition) is 1. The molecule has 1 atom stereocenters. The molecule has 1 unspecified atom stereocenters. The van der Waals surface area contributed by atoms with Crippen LogP contribution in [0.5, 0.6) is 0 Å². The van der Waals surface area contributed by atoms with Gasteiger partial charge < -0.3 is 10.2 Å². The average Bonchev–Trinajstić information content (AvgIpc) is 2.85. The fourth-order valence-corrected chi connectivity index (χ4v) is 4.36. The SMILES string of the molecule is CNCC(C)(CN(C)Cc1cc(Br)cs1)c1ccccc1. The largest absolute Gasteiger partial charge is 0.319 e. The van der Waals surface area contributed by atoms with Crippen LogP contribution < -0.4 is 5.32 Å². The fraction of sp³-hybridized carbons (Fsp3) is 0.412. The summed E-state index contributed by atoms with van der Waals surface area (Å²) in [6.45, 7) is 5.31. The minimum Gasteiger partial charge on any atom is -0.319 e. The maximum atomic E-state index is 3.53. The van der Waals surface area contributed by atoms with E-state index in [0.29, 0.717) is 0 Å². The van der Waals surface area contributed by atoms with E-state index in [4.69, 9.17) is 0 Å². The van der Waals surface area contributed by atoms with E-state index in [1.807, 2.05) is 18.4 Å². The third-order valence-corrected chi connectivity index (χ3v) is 5.39. The van der Waals surface area contributed by atoms with Crippen LogP contribution in [-0.2, 0) is 12.0 Å². The molecule has 1 N–H and O–H groups in total. The monoisotopic (exact) mass is 366 g/mol. The second-order valence-electron chi connectivity index (χ2n) is 5.86. The second kappa shape index (κ2) is 7.54. The molecule has 0 amide bonds. The summed E-state index contributed by atoms with van der Waals surface area (Å²) in [6.07, 6.45) is 0. The predicted molar refractivity (Wildman–Crippen MR) is 96.1 cm³/mol. The van der Waals surface area contributed by atoms with Crippen LogP contribution in [0, 0.1) is 0 Å². The summed E-state index contributed by atoms with van der Waals surface area (Å²) < 4.78 is 1.18. The van der Waals surface area contributed by atoms with Crippen LogP contribution in [0.4, 0.5) is 0 Å². The molecule has 4 heteroatoms. The van der Waals surface area contributed by atoms with Crippen LogP contribution in [0.15, 0.2) is 46.3 Å². The van der Waals surface area contributed by atoms with Crippen molar-refractivity contribution in [3.63, 3.8) is 0 Å². The van der Waals surface area contributed by atoms with Crippen LogP contribution in [0.2, 0.25) is 0 Å². The first-order valence-corrected chi connectivity index (χ1v) is 8.82. The minimum atomic E-state index is 0.110. The van der Waals surface area contributed by atoms with Gasteiger partial charge in [-0.15, -0.1) is 11.3 Å². The van der Waals surface area contributed by atoms with Gasteiger partial charge in [0.15, 0.2) is 0 Å². The molecule has 0 spiro atoms. The van der Waals surface area contributed by atoms with Crippen LogP contribution in [-0.4, -0.2) is 32.1 Å². The van der Waals surface area contributed by atoms with Crippen molar-refractivity contribution in [1.82, 2.24) is 10.2 Å². The standard InChI is InChI=1S/C17H23BrN2S/c1-17(12-19-2,14-7-5-4-6-8-14)13-20(3)10-16-9-15(18)11-21-16/h4-9,11,19H,10,12-13H2,1-3H3. The molecule has 21 heavy (non-hydrogen) atoms. The molecular weight excluding hydrogens is 344 g/mol. The molecule has 1 heterocycles. The first-order valence-electron chi connectivity index (χ1n) is 7.15. The zero-order chi connectivity index (χ0) is 15.3. The molecular formula is C17H23BrN2S. The van der Waals surface area contributed by atoms with E-state index in [2.05, 4.69) is 81.9 Å². The lowest BCUT2D eigenvalue weighted by atomic mass is 9.82. The van der Waals surface area contributed by atoms with Gasteiger partial charge in [0, 0.05) is 39.8 Å². The van der Waals surface area contributed by atoms with Gasteiger partial charge in [0.25, 0.3) is 0 Å². The van der Waals surface area contributed by atoms with Gasteiger partial charge in [-0.1, -0.05) is 37.3 Å². The maximum absolute atomic E-state index is 3.53. The van der Waals surface area contributed by atoms with Gasteiger partial charge in [0.1, 0.15) is 0 Å². The predicted octanol–water partition coefficient (Wildman–Crippen LogP) is 4.12. The lowest BCUT2D eigenvalue weighted by Crippen LogP contribution is -2.43. The van der Waals surface area contributed by atoms with E-state index in [1.165, 1.54) is 14.9 Å². The summed E-state index contributed by atoms with van der Waals surface area (Å²) >= 11 is 5.34. The number of nitrogens with one attached hydrogen (secondary N) is 1. The van der Waals surface area contributed by atoms with Crippen molar-refractivity contribution in [3.8, 4) is 0 Å². The summed E-state index contributed by atoms with van der Waals surface area (Å²) in [4.78, 5) is 3.80. The van der Waals surface area contributed by atoms with Crippen LogP contribution in [0.3, 0.4) is 0 Å². The first-order chi connectivity index (χ1) is 10.0. The Morgan fingerprint density at radius 2 is 2.00 bits per heavy atom. The number of halogens is 1. The average molecular weight is 367 g/mol. The molecule has 0 saturated heterocycles. The molecule has 0 bridgehead atoms. The summed E-state index contributed by atoms with van der Waals surface area (Å²) in [5, 5.41) is 5.49. The smallest absolute Gasteiger partial charge is 0.0325 e. The second-order valence-corrected chi connectivity index (χ2v) is 7.77. The van der Waals surface area contributed by atoms with E-state index in [1.54, 1.807) is 0 Å². The Morgan fingerprint density at radius 1 is 1.29 bits per heavy atom. The Kier molecular flexibility index (Phi) is 5.99. The lowest BCUT2D eigenvalue weighted by Gasteiger charge is -2.34. The third kappa shape index (κ3) is 4.65. The van der Waals surface area contributed by atoms with Gasteiger partial charge in [-0.05, 0) is 41.7 Å². The van der Waals surface area contributed by atoms with Crippen molar-refractivity contribution < 1.29 is 0 Å². The Hall–Kier alpha value is -0.680. The van der Waals surface area contributed by atoms with Crippen molar-refractivity contribution in [2.45, 2.75) is 18.9 Å². The van der Waals surface area contributed by atoms with E-state index in [0.717, 1.165) is 19.6 Å². The molecule has 0 radical (unpaired) electrons. The van der Waals surface area contributed by atoms with Gasteiger partial charge in [-0.2, -0.15) is 0 Å². The van der Waals surface area contributed by atoms with E-state index >= 15 is 0 Å². The number of likely N-dealkylation sites (N-methyl/N-ethyl adjacent to an activating group) is 2. The number of thiophene rings is 1. The number of rotatable bonds is 7. The van der Waals surface area contributed by atoms with E-state index in [9.17, 15) is 0 Å². The molecule has 2 aromatic rings. The third-order valence-electron chi connectivity index (χ3n) is 3.70. The highest BCUT2D eigenvalue weighted by atomic mass is 79.9. The summed E-state index contributed by atoms with van der Waals surface area (Å²) in [5.41, 5.74) is 1.50. The van der Waals surface area contributed by atoms with Crippen molar-refractivity contribution in [1.29, 1.82) is 0 Å². The van der Waals surface area contributed by atoms with Gasteiger partial charge in [-0.25, -0.2) is 0 Å². The molecule has 0 fully saturated rings. The maximum Gasteiger partial charge on any atom is 0.0325 e. The van der Waals surface area contributed by atoms with Crippen LogP contribution >= 0.6 is 27.3 Å². The van der Waals surface area contributed by atoms with Crippen molar-refractivity contribution in [3.05, 3.63) is 56.7 Å². The number of nitrogens with zero attached hydrogens (tertiary/aromatic N) is 1. The Morgan fingerprint density at radius 3 is 2.57 bits per heavy atom. The lowest BCUT2D eigenvalue weighted by molar-refractivity contribution is 0.247. The van der Waals surface area contributed by atoms with Crippen molar-refractivity contribution in [2.24, 2.45) is 0 Å². The molecule has 0 aliphatic heterocycles. The van der Waals surface area contributed by atoms with Gasteiger partial charge in [-0.3, -0.25) is 0 Å². The molecule has 0 aliphatic rings. The summed E-state index contributed by atoms with van der Waals surface area (Å²) in [7, 11) is 4.22. The summed E-state index contributed by atoms with van der Waals surface area (Å²) in [5.74, 6) is 0. The fourth-order valence-electron chi connectivity index (χ4n) is 2.83. The highest BCUT2D eigenvalue weighted by Crippen LogP contribution is 2.26. The molecule has 2 rings (SSSR count).